The normalized spacial score (nSPS) is 18.9. The van der Waals surface area contributed by atoms with Crippen LogP contribution in [0.25, 0.3) is 0 Å². The van der Waals surface area contributed by atoms with E-state index in [2.05, 4.69) is 24.0 Å². The molecule has 0 amide bonds. The topological polar surface area (TPSA) is 38.9 Å². The summed E-state index contributed by atoms with van der Waals surface area (Å²) in [6, 6.07) is 4.61. The molecule has 1 aliphatic rings. The van der Waals surface area contributed by atoms with Crippen LogP contribution in [-0.2, 0) is 12.8 Å². The Kier molecular flexibility index (Phi) is 3.94. The number of aromatic nitrogens is 1. The van der Waals surface area contributed by atoms with Crippen LogP contribution in [0.1, 0.15) is 43.9 Å². The van der Waals surface area contributed by atoms with Crippen molar-refractivity contribution in [2.24, 2.45) is 11.7 Å². The van der Waals surface area contributed by atoms with Gasteiger partial charge in [0.25, 0.3) is 0 Å². The molecule has 0 bridgehead atoms. The van der Waals surface area contributed by atoms with Crippen molar-refractivity contribution in [2.45, 2.75) is 51.5 Å². The van der Waals surface area contributed by atoms with Crippen molar-refractivity contribution in [3.8, 4) is 0 Å². The van der Waals surface area contributed by atoms with E-state index in [4.69, 9.17) is 5.73 Å². The molecule has 2 nitrogen and oxygen atoms in total. The molecule has 0 spiro atoms. The first kappa shape index (κ1) is 11.6. The molecule has 0 aliphatic heterocycles. The highest BCUT2D eigenvalue weighted by Crippen LogP contribution is 2.27. The van der Waals surface area contributed by atoms with E-state index in [9.17, 15) is 0 Å². The van der Waals surface area contributed by atoms with Crippen LogP contribution in [0, 0.1) is 5.92 Å². The van der Waals surface area contributed by atoms with Gasteiger partial charge in [-0.25, -0.2) is 0 Å². The van der Waals surface area contributed by atoms with Gasteiger partial charge >= 0.3 is 0 Å². The van der Waals surface area contributed by atoms with Gasteiger partial charge < -0.3 is 5.73 Å². The number of hydrogen-bond acceptors (Lipinski definition) is 2. The third kappa shape index (κ3) is 2.82. The monoisotopic (exact) mass is 218 g/mol. The number of nitrogens with two attached hydrogens (primary N) is 1. The number of hydrogen-bond donors (Lipinski definition) is 1. The molecule has 2 heteroatoms. The van der Waals surface area contributed by atoms with Crippen molar-refractivity contribution < 1.29 is 0 Å². The van der Waals surface area contributed by atoms with Crippen LogP contribution < -0.4 is 5.73 Å². The molecule has 1 aliphatic carbocycles. The predicted molar refractivity (Wildman–Crippen MR) is 67.3 cm³/mol. The Morgan fingerprint density at radius 2 is 2.12 bits per heavy atom. The molecule has 1 aromatic rings. The minimum atomic E-state index is 0.308. The maximum absolute atomic E-state index is 6.24. The van der Waals surface area contributed by atoms with E-state index in [0.29, 0.717) is 6.04 Å². The molecule has 2 rings (SSSR count). The summed E-state index contributed by atoms with van der Waals surface area (Å²) in [7, 11) is 0. The summed E-state index contributed by atoms with van der Waals surface area (Å²) in [6.45, 7) is 2.15. The highest BCUT2D eigenvalue weighted by Gasteiger charge is 2.22. The molecule has 88 valence electrons. The van der Waals surface area contributed by atoms with Gasteiger partial charge in [0.2, 0.25) is 0 Å². The standard InChI is InChI=1S/C14H22N2/c1-2-11-7-8-13(16-10-11)9-14(15)12-5-3-4-6-12/h7-8,10,12,14H,2-6,9,15H2,1H3. The minimum absolute atomic E-state index is 0.308. The Morgan fingerprint density at radius 3 is 2.69 bits per heavy atom. The van der Waals surface area contributed by atoms with Crippen molar-refractivity contribution in [3.05, 3.63) is 29.6 Å². The Labute approximate surface area is 98.3 Å². The molecule has 1 saturated carbocycles. The van der Waals surface area contributed by atoms with Gasteiger partial charge in [-0.1, -0.05) is 25.8 Å². The van der Waals surface area contributed by atoms with Crippen LogP contribution in [0.4, 0.5) is 0 Å². The highest BCUT2D eigenvalue weighted by molar-refractivity contribution is 5.14. The number of rotatable bonds is 4. The average Bonchev–Trinajstić information content (AvgIpc) is 2.83. The summed E-state index contributed by atoms with van der Waals surface area (Å²) in [5.41, 5.74) is 8.70. The van der Waals surface area contributed by atoms with Gasteiger partial charge in [0.15, 0.2) is 0 Å². The lowest BCUT2D eigenvalue weighted by atomic mass is 9.95. The van der Waals surface area contributed by atoms with Crippen molar-refractivity contribution in [2.75, 3.05) is 0 Å². The van der Waals surface area contributed by atoms with Crippen molar-refractivity contribution in [1.82, 2.24) is 4.98 Å². The van der Waals surface area contributed by atoms with E-state index in [1.807, 2.05) is 6.20 Å². The van der Waals surface area contributed by atoms with Gasteiger partial charge in [-0.3, -0.25) is 4.98 Å². The SMILES string of the molecule is CCc1ccc(CC(N)C2CCCC2)nc1. The van der Waals surface area contributed by atoms with Gasteiger partial charge in [0.05, 0.1) is 0 Å². The molecule has 1 heterocycles. The van der Waals surface area contributed by atoms with E-state index < -0.39 is 0 Å². The average molecular weight is 218 g/mol. The van der Waals surface area contributed by atoms with E-state index in [1.165, 1.54) is 31.2 Å². The molecular formula is C14H22N2. The number of pyridine rings is 1. The predicted octanol–water partition coefficient (Wildman–Crippen LogP) is 2.70. The first-order chi connectivity index (χ1) is 7.79. The Hall–Kier alpha value is -0.890. The summed E-state index contributed by atoms with van der Waals surface area (Å²) >= 11 is 0. The second-order valence-corrected chi connectivity index (χ2v) is 4.92. The van der Waals surface area contributed by atoms with Crippen LogP contribution >= 0.6 is 0 Å². The smallest absolute Gasteiger partial charge is 0.0419 e. The van der Waals surface area contributed by atoms with Gasteiger partial charge in [-0.15, -0.1) is 0 Å². The molecule has 1 unspecified atom stereocenters. The minimum Gasteiger partial charge on any atom is -0.327 e. The van der Waals surface area contributed by atoms with Crippen LogP contribution in [0.2, 0.25) is 0 Å². The molecule has 2 N–H and O–H groups in total. The summed E-state index contributed by atoms with van der Waals surface area (Å²) in [6.07, 6.45) is 9.33. The second kappa shape index (κ2) is 5.44. The fourth-order valence-corrected chi connectivity index (χ4v) is 2.58. The summed E-state index contributed by atoms with van der Waals surface area (Å²) in [5.74, 6) is 0.729. The van der Waals surface area contributed by atoms with E-state index in [1.54, 1.807) is 0 Å². The number of nitrogens with zero attached hydrogens (tertiary/aromatic N) is 1. The number of aryl methyl sites for hydroxylation is 1. The maximum atomic E-state index is 6.24. The molecule has 1 fully saturated rings. The van der Waals surface area contributed by atoms with Crippen molar-refractivity contribution in [1.29, 1.82) is 0 Å². The van der Waals surface area contributed by atoms with Gasteiger partial charge in [-0.2, -0.15) is 0 Å². The fourth-order valence-electron chi connectivity index (χ4n) is 2.58. The van der Waals surface area contributed by atoms with Gasteiger partial charge in [-0.05, 0) is 36.8 Å². The lowest BCUT2D eigenvalue weighted by Gasteiger charge is -2.18. The van der Waals surface area contributed by atoms with Crippen molar-refractivity contribution >= 4 is 0 Å². The van der Waals surface area contributed by atoms with Gasteiger partial charge in [0.1, 0.15) is 0 Å². The van der Waals surface area contributed by atoms with Gasteiger partial charge in [0, 0.05) is 24.4 Å². The third-order valence-electron chi connectivity index (χ3n) is 3.74. The maximum Gasteiger partial charge on any atom is 0.0419 e. The van der Waals surface area contributed by atoms with E-state index in [0.717, 1.165) is 24.5 Å². The summed E-state index contributed by atoms with van der Waals surface area (Å²) in [5, 5.41) is 0. The Bertz CT molecular complexity index is 312. The van der Waals surface area contributed by atoms with Crippen LogP contribution in [0.5, 0.6) is 0 Å². The quantitative estimate of drug-likeness (QED) is 0.844. The first-order valence-electron chi connectivity index (χ1n) is 6.49. The lowest BCUT2D eigenvalue weighted by Crippen LogP contribution is -2.30. The van der Waals surface area contributed by atoms with Crippen LogP contribution in [0.15, 0.2) is 18.3 Å². The molecular weight excluding hydrogens is 196 g/mol. The molecule has 0 saturated heterocycles. The van der Waals surface area contributed by atoms with Crippen LogP contribution in [-0.4, -0.2) is 11.0 Å². The molecule has 0 aromatic carbocycles. The first-order valence-corrected chi connectivity index (χ1v) is 6.49. The zero-order valence-electron chi connectivity index (χ0n) is 10.2. The highest BCUT2D eigenvalue weighted by atomic mass is 14.7. The second-order valence-electron chi connectivity index (χ2n) is 4.92. The Morgan fingerprint density at radius 1 is 1.38 bits per heavy atom. The zero-order chi connectivity index (χ0) is 11.4. The van der Waals surface area contributed by atoms with Crippen LogP contribution in [0.3, 0.4) is 0 Å². The lowest BCUT2D eigenvalue weighted by molar-refractivity contribution is 0.426. The fraction of sp³-hybridized carbons (Fsp3) is 0.643. The Balaban J connectivity index is 1.92. The molecule has 0 radical (unpaired) electrons. The van der Waals surface area contributed by atoms with Crippen molar-refractivity contribution in [3.63, 3.8) is 0 Å². The molecule has 1 aromatic heterocycles. The largest absolute Gasteiger partial charge is 0.327 e. The summed E-state index contributed by atoms with van der Waals surface area (Å²) in [4.78, 5) is 4.48. The van der Waals surface area contributed by atoms with E-state index >= 15 is 0 Å². The summed E-state index contributed by atoms with van der Waals surface area (Å²) < 4.78 is 0. The molecule has 16 heavy (non-hydrogen) atoms. The molecule has 1 atom stereocenters. The third-order valence-corrected chi connectivity index (χ3v) is 3.74. The van der Waals surface area contributed by atoms with E-state index in [-0.39, 0.29) is 0 Å². The zero-order valence-corrected chi connectivity index (χ0v) is 10.2.